The molecule has 1 aromatic heterocycles. The van der Waals surface area contributed by atoms with E-state index in [1.54, 1.807) is 42.5 Å². The summed E-state index contributed by atoms with van der Waals surface area (Å²) in [6.07, 6.45) is 3.36. The number of rotatable bonds is 7. The Bertz CT molecular complexity index is 877. The third-order valence-corrected chi connectivity index (χ3v) is 5.54. The number of fused-ring (bicyclic) bond motifs is 1. The van der Waals surface area contributed by atoms with Crippen LogP contribution < -0.4 is 4.31 Å². The molecule has 7 nitrogen and oxygen atoms in total. The van der Waals surface area contributed by atoms with Crippen molar-refractivity contribution in [2.75, 3.05) is 37.4 Å². The average Bonchev–Trinajstić information content (AvgIpc) is 3.26. The van der Waals surface area contributed by atoms with Gasteiger partial charge < -0.3 is 14.1 Å². The molecule has 1 aliphatic rings. The van der Waals surface area contributed by atoms with Gasteiger partial charge in [-0.1, -0.05) is 0 Å². The second kappa shape index (κ2) is 7.51. The van der Waals surface area contributed by atoms with Gasteiger partial charge in [-0.05, 0) is 42.3 Å². The normalized spacial score (nSPS) is 13.7. The van der Waals surface area contributed by atoms with E-state index >= 15 is 0 Å². The first kappa shape index (κ1) is 18.5. The van der Waals surface area contributed by atoms with E-state index in [4.69, 9.17) is 9.15 Å². The van der Waals surface area contributed by atoms with E-state index in [0.29, 0.717) is 49.7 Å². The van der Waals surface area contributed by atoms with Crippen LogP contribution in [-0.4, -0.2) is 52.3 Å². The summed E-state index contributed by atoms with van der Waals surface area (Å²) in [6.45, 7) is 1.61. The minimum Gasteiger partial charge on any atom is -0.467 e. The number of sulfonamides is 1. The van der Waals surface area contributed by atoms with Crippen molar-refractivity contribution in [3.63, 3.8) is 0 Å². The summed E-state index contributed by atoms with van der Waals surface area (Å²) in [4.78, 5) is 14.6. The van der Waals surface area contributed by atoms with Crippen LogP contribution in [0, 0.1) is 0 Å². The number of anilines is 1. The number of methoxy groups -OCH3 is 1. The summed E-state index contributed by atoms with van der Waals surface area (Å²) >= 11 is 0. The fourth-order valence-electron chi connectivity index (χ4n) is 3.08. The van der Waals surface area contributed by atoms with Crippen LogP contribution in [0.15, 0.2) is 41.0 Å². The van der Waals surface area contributed by atoms with Crippen molar-refractivity contribution in [1.29, 1.82) is 0 Å². The second-order valence-corrected chi connectivity index (χ2v) is 8.13. The fraction of sp³-hybridized carbons (Fsp3) is 0.389. The van der Waals surface area contributed by atoms with Gasteiger partial charge in [-0.15, -0.1) is 0 Å². The summed E-state index contributed by atoms with van der Waals surface area (Å²) in [5.41, 5.74) is 2.05. The Labute approximate surface area is 153 Å². The summed E-state index contributed by atoms with van der Waals surface area (Å²) in [5.74, 6) is 0.554. The molecular weight excluding hydrogens is 356 g/mol. The quantitative estimate of drug-likeness (QED) is 0.735. The number of ether oxygens (including phenoxy) is 1. The van der Waals surface area contributed by atoms with Crippen LogP contribution in [0.25, 0.3) is 0 Å². The molecule has 3 rings (SSSR count). The maximum atomic E-state index is 13.0. The Balaban J connectivity index is 1.83. The molecular formula is C18H22N2O5S. The second-order valence-electron chi connectivity index (χ2n) is 6.23. The van der Waals surface area contributed by atoms with E-state index in [1.165, 1.54) is 10.6 Å². The van der Waals surface area contributed by atoms with Gasteiger partial charge in [0.05, 0.1) is 31.4 Å². The van der Waals surface area contributed by atoms with Gasteiger partial charge in [0.2, 0.25) is 10.0 Å². The average molecular weight is 378 g/mol. The third kappa shape index (κ3) is 3.91. The molecule has 1 aliphatic heterocycles. The number of hydrogen-bond donors (Lipinski definition) is 0. The molecule has 0 spiro atoms. The van der Waals surface area contributed by atoms with Crippen molar-refractivity contribution >= 4 is 21.6 Å². The lowest BCUT2D eigenvalue weighted by Gasteiger charge is -2.22. The van der Waals surface area contributed by atoms with Crippen LogP contribution in [0.5, 0.6) is 0 Å². The zero-order chi connectivity index (χ0) is 18.7. The smallest absolute Gasteiger partial charge is 0.254 e. The summed E-state index contributed by atoms with van der Waals surface area (Å²) in [5, 5.41) is 0. The molecule has 2 aromatic rings. The minimum absolute atomic E-state index is 0.140. The highest BCUT2D eigenvalue weighted by Gasteiger charge is 2.27. The molecule has 140 valence electrons. The predicted molar refractivity (Wildman–Crippen MR) is 97.7 cm³/mol. The van der Waals surface area contributed by atoms with Gasteiger partial charge >= 0.3 is 0 Å². The van der Waals surface area contributed by atoms with Crippen LogP contribution in [0.1, 0.15) is 21.7 Å². The Morgan fingerprint density at radius 1 is 1.35 bits per heavy atom. The standard InChI is InChI=1S/C18H22N2O5S/c1-24-11-9-19(13-16-4-3-10-25-16)18(21)15-5-6-17-14(12-15)7-8-20(17)26(2,22)23/h3-6,10,12H,7-9,11,13H2,1-2H3. The SMILES string of the molecule is COCCN(Cc1ccco1)C(=O)c1ccc2c(c1)CCN2S(C)(=O)=O. The van der Waals surface area contributed by atoms with Gasteiger partial charge in [0.25, 0.3) is 5.91 Å². The van der Waals surface area contributed by atoms with Gasteiger partial charge in [-0.3, -0.25) is 9.10 Å². The zero-order valence-electron chi connectivity index (χ0n) is 14.8. The van der Waals surface area contributed by atoms with Crippen molar-refractivity contribution in [2.45, 2.75) is 13.0 Å². The van der Waals surface area contributed by atoms with Crippen LogP contribution >= 0.6 is 0 Å². The van der Waals surface area contributed by atoms with Crippen molar-refractivity contribution in [3.05, 3.63) is 53.5 Å². The van der Waals surface area contributed by atoms with Crippen molar-refractivity contribution in [2.24, 2.45) is 0 Å². The monoisotopic (exact) mass is 378 g/mol. The first-order valence-electron chi connectivity index (χ1n) is 8.31. The highest BCUT2D eigenvalue weighted by Crippen LogP contribution is 2.31. The first-order chi connectivity index (χ1) is 12.4. The minimum atomic E-state index is -3.30. The molecule has 8 heteroatoms. The molecule has 1 amide bonds. The van der Waals surface area contributed by atoms with Gasteiger partial charge in [-0.2, -0.15) is 0 Å². The van der Waals surface area contributed by atoms with Gasteiger partial charge in [0, 0.05) is 25.8 Å². The van der Waals surface area contributed by atoms with Gasteiger partial charge in [-0.25, -0.2) is 8.42 Å². The van der Waals surface area contributed by atoms with Gasteiger partial charge in [0.15, 0.2) is 0 Å². The largest absolute Gasteiger partial charge is 0.467 e. The van der Waals surface area contributed by atoms with E-state index in [2.05, 4.69) is 0 Å². The molecule has 0 aliphatic carbocycles. The first-order valence-corrected chi connectivity index (χ1v) is 10.2. The summed E-state index contributed by atoms with van der Waals surface area (Å²) < 4.78 is 35.5. The zero-order valence-corrected chi connectivity index (χ0v) is 15.7. The number of furan rings is 1. The van der Waals surface area contributed by atoms with E-state index in [-0.39, 0.29) is 5.91 Å². The lowest BCUT2D eigenvalue weighted by Crippen LogP contribution is -2.33. The Kier molecular flexibility index (Phi) is 5.33. The molecule has 1 aromatic carbocycles. The summed E-state index contributed by atoms with van der Waals surface area (Å²) in [7, 11) is -1.71. The topological polar surface area (TPSA) is 80.1 Å². The number of carbonyl (C=O) groups excluding carboxylic acids is 1. The number of nitrogens with zero attached hydrogens (tertiary/aromatic N) is 2. The van der Waals surface area contributed by atoms with E-state index in [0.717, 1.165) is 5.56 Å². The third-order valence-electron chi connectivity index (χ3n) is 4.36. The van der Waals surface area contributed by atoms with Crippen LogP contribution in [0.2, 0.25) is 0 Å². The molecule has 26 heavy (non-hydrogen) atoms. The lowest BCUT2D eigenvalue weighted by molar-refractivity contribution is 0.0666. The molecule has 0 unspecified atom stereocenters. The highest BCUT2D eigenvalue weighted by molar-refractivity contribution is 7.92. The van der Waals surface area contributed by atoms with Crippen molar-refractivity contribution in [1.82, 2.24) is 4.90 Å². The Morgan fingerprint density at radius 3 is 2.81 bits per heavy atom. The lowest BCUT2D eigenvalue weighted by atomic mass is 10.1. The summed E-state index contributed by atoms with van der Waals surface area (Å²) in [6, 6.07) is 8.76. The maximum Gasteiger partial charge on any atom is 0.254 e. The number of amides is 1. The van der Waals surface area contributed by atoms with Gasteiger partial charge in [0.1, 0.15) is 5.76 Å². The van der Waals surface area contributed by atoms with Crippen molar-refractivity contribution in [3.8, 4) is 0 Å². The number of hydrogen-bond acceptors (Lipinski definition) is 5. The number of benzene rings is 1. The van der Waals surface area contributed by atoms with Crippen LogP contribution in [-0.2, 0) is 27.7 Å². The Morgan fingerprint density at radius 2 is 2.15 bits per heavy atom. The van der Waals surface area contributed by atoms with E-state index in [9.17, 15) is 13.2 Å². The molecule has 0 radical (unpaired) electrons. The van der Waals surface area contributed by atoms with Crippen molar-refractivity contribution < 1.29 is 22.4 Å². The van der Waals surface area contributed by atoms with E-state index in [1.807, 2.05) is 6.07 Å². The van der Waals surface area contributed by atoms with Crippen LogP contribution in [0.3, 0.4) is 0 Å². The molecule has 2 heterocycles. The molecule has 0 saturated carbocycles. The molecule has 0 atom stereocenters. The fourth-order valence-corrected chi connectivity index (χ4v) is 4.03. The Hall–Kier alpha value is -2.32. The maximum absolute atomic E-state index is 13.0. The van der Waals surface area contributed by atoms with Crippen LogP contribution in [0.4, 0.5) is 5.69 Å². The molecule has 0 bridgehead atoms. The predicted octanol–water partition coefficient (Wildman–Crippen LogP) is 1.89. The molecule has 0 saturated heterocycles. The molecule has 0 fully saturated rings. The molecule has 0 N–H and O–H groups in total. The number of carbonyl (C=O) groups is 1. The highest BCUT2D eigenvalue weighted by atomic mass is 32.2. The van der Waals surface area contributed by atoms with E-state index < -0.39 is 10.0 Å².